The van der Waals surface area contributed by atoms with Gasteiger partial charge in [0.25, 0.3) is 5.91 Å². The molecule has 2 heterocycles. The fraction of sp³-hybridized carbons (Fsp3) is 0.208. The number of nitrogens with zero attached hydrogens (tertiary/aromatic N) is 4. The van der Waals surface area contributed by atoms with E-state index in [1.165, 1.54) is 11.8 Å². The molecular formula is C24H24N6O4. The summed E-state index contributed by atoms with van der Waals surface area (Å²) in [4.78, 5) is 33.9. The third-order valence-corrected chi connectivity index (χ3v) is 5.17. The molecule has 10 nitrogen and oxygen atoms in total. The number of hydrogen-bond donors (Lipinski definition) is 2. The van der Waals surface area contributed by atoms with Crippen molar-refractivity contribution in [3.63, 3.8) is 0 Å². The smallest absolute Gasteiger partial charge is 0.337 e. The van der Waals surface area contributed by atoms with E-state index >= 15 is 0 Å². The molecule has 4 rings (SSSR count). The molecular weight excluding hydrogens is 436 g/mol. The number of amides is 1. The van der Waals surface area contributed by atoms with Crippen molar-refractivity contribution >= 4 is 46.1 Å². The molecule has 2 aromatic carbocycles. The molecule has 0 saturated heterocycles. The van der Waals surface area contributed by atoms with E-state index in [-0.39, 0.29) is 17.3 Å². The number of fused-ring (bicyclic) bond motifs is 2. The van der Waals surface area contributed by atoms with Crippen LogP contribution in [0.3, 0.4) is 0 Å². The highest BCUT2D eigenvalue weighted by molar-refractivity contribution is 6.10. The van der Waals surface area contributed by atoms with E-state index in [0.717, 1.165) is 0 Å². The number of rotatable bonds is 8. The van der Waals surface area contributed by atoms with Gasteiger partial charge in [0.05, 0.1) is 29.9 Å². The predicted molar refractivity (Wildman–Crippen MR) is 129 cm³/mol. The van der Waals surface area contributed by atoms with E-state index < -0.39 is 5.97 Å². The Labute approximate surface area is 195 Å². The summed E-state index contributed by atoms with van der Waals surface area (Å²) in [6.45, 7) is 0.955. The van der Waals surface area contributed by atoms with Gasteiger partial charge in [0.15, 0.2) is 5.65 Å². The highest BCUT2D eigenvalue weighted by atomic mass is 16.5. The molecule has 0 saturated carbocycles. The summed E-state index contributed by atoms with van der Waals surface area (Å²) < 4.78 is 11.1. The van der Waals surface area contributed by atoms with Crippen molar-refractivity contribution in [1.29, 1.82) is 0 Å². The number of aromatic nitrogens is 3. The van der Waals surface area contributed by atoms with Gasteiger partial charge in [-0.15, -0.1) is 0 Å². The summed E-state index contributed by atoms with van der Waals surface area (Å²) in [5.41, 5.74) is 9.75. The third-order valence-electron chi connectivity index (χ3n) is 5.17. The number of carbonyl (C=O) groups is 2. The maximum atomic E-state index is 13.0. The van der Waals surface area contributed by atoms with E-state index in [1.807, 2.05) is 24.3 Å². The van der Waals surface area contributed by atoms with Gasteiger partial charge in [-0.25, -0.2) is 14.8 Å². The first kappa shape index (κ1) is 22.9. The van der Waals surface area contributed by atoms with Crippen molar-refractivity contribution < 1.29 is 19.1 Å². The first-order valence-corrected chi connectivity index (χ1v) is 10.6. The average Bonchev–Trinajstić information content (AvgIpc) is 3.13. The van der Waals surface area contributed by atoms with Crippen molar-refractivity contribution in [2.75, 3.05) is 33.1 Å². The second-order valence-electron chi connectivity index (χ2n) is 7.42. The Morgan fingerprint density at radius 2 is 1.79 bits per heavy atom. The molecule has 4 aromatic rings. The second kappa shape index (κ2) is 10.1. The standard InChI is InChI=1S/C24H24N6O4/c1-33-13-5-12-26-23(31)19-20-22(29-18-7-4-3-6-17(18)28-20)30(21(19)25)27-14-15-8-10-16(11-9-15)24(32)34-2/h3-4,6-11,14H,5,12-13,25H2,1-2H3,(H,26,31)/b27-14+. The summed E-state index contributed by atoms with van der Waals surface area (Å²) in [5.74, 6) is -0.663. The zero-order valence-electron chi connectivity index (χ0n) is 18.8. The lowest BCUT2D eigenvalue weighted by Crippen LogP contribution is -2.26. The van der Waals surface area contributed by atoms with Crippen LogP contribution >= 0.6 is 0 Å². The van der Waals surface area contributed by atoms with Gasteiger partial charge in [-0.1, -0.05) is 24.3 Å². The van der Waals surface area contributed by atoms with Crippen LogP contribution in [0.4, 0.5) is 5.82 Å². The van der Waals surface area contributed by atoms with Gasteiger partial charge in [0, 0.05) is 20.3 Å². The molecule has 3 N–H and O–H groups in total. The van der Waals surface area contributed by atoms with Crippen LogP contribution in [-0.2, 0) is 9.47 Å². The zero-order valence-corrected chi connectivity index (χ0v) is 18.8. The molecule has 2 aromatic heterocycles. The number of methoxy groups -OCH3 is 2. The molecule has 0 spiro atoms. The van der Waals surface area contributed by atoms with Crippen LogP contribution in [0.1, 0.15) is 32.7 Å². The summed E-state index contributed by atoms with van der Waals surface area (Å²) in [5, 5.41) is 7.31. The van der Waals surface area contributed by atoms with Gasteiger partial charge in [-0.3, -0.25) is 4.79 Å². The number of para-hydroxylation sites is 2. The van der Waals surface area contributed by atoms with E-state index in [9.17, 15) is 9.59 Å². The van der Waals surface area contributed by atoms with Gasteiger partial charge >= 0.3 is 5.97 Å². The first-order valence-electron chi connectivity index (χ1n) is 10.6. The Bertz CT molecular complexity index is 1380. The predicted octanol–water partition coefficient (Wildman–Crippen LogP) is 2.60. The van der Waals surface area contributed by atoms with Gasteiger partial charge in [0.2, 0.25) is 0 Å². The first-order chi connectivity index (χ1) is 16.5. The van der Waals surface area contributed by atoms with E-state index in [4.69, 9.17) is 15.2 Å². The fourth-order valence-electron chi connectivity index (χ4n) is 3.44. The van der Waals surface area contributed by atoms with Crippen LogP contribution in [0, 0.1) is 0 Å². The Kier molecular flexibility index (Phi) is 6.79. The highest BCUT2D eigenvalue weighted by Gasteiger charge is 2.23. The number of carbonyl (C=O) groups excluding carboxylic acids is 2. The molecule has 34 heavy (non-hydrogen) atoms. The minimum atomic E-state index is -0.424. The maximum absolute atomic E-state index is 13.0. The maximum Gasteiger partial charge on any atom is 0.337 e. The lowest BCUT2D eigenvalue weighted by molar-refractivity contribution is 0.0600. The van der Waals surface area contributed by atoms with Gasteiger partial charge in [-0.05, 0) is 36.2 Å². The SMILES string of the molecule is COCCCNC(=O)c1c(N)n(/N=C/c2ccc(C(=O)OC)cc2)c2nc3ccccc3nc12. The lowest BCUT2D eigenvalue weighted by atomic mass is 10.1. The number of nitrogen functional groups attached to an aromatic ring is 1. The molecule has 0 aliphatic rings. The lowest BCUT2D eigenvalue weighted by Gasteiger charge is -2.05. The van der Waals surface area contributed by atoms with Crippen LogP contribution in [0.5, 0.6) is 0 Å². The minimum Gasteiger partial charge on any atom is -0.465 e. The zero-order chi connectivity index (χ0) is 24.1. The van der Waals surface area contributed by atoms with Gasteiger partial charge in [-0.2, -0.15) is 9.78 Å². The van der Waals surface area contributed by atoms with Crippen LogP contribution in [0.15, 0.2) is 53.6 Å². The number of benzene rings is 2. The Balaban J connectivity index is 1.75. The molecule has 0 unspecified atom stereocenters. The summed E-state index contributed by atoms with van der Waals surface area (Å²) in [7, 11) is 2.93. The van der Waals surface area contributed by atoms with E-state index in [1.54, 1.807) is 37.6 Å². The van der Waals surface area contributed by atoms with Crippen LogP contribution in [-0.4, -0.2) is 60.1 Å². The van der Waals surface area contributed by atoms with Crippen LogP contribution < -0.4 is 11.1 Å². The van der Waals surface area contributed by atoms with Crippen LogP contribution in [0.25, 0.3) is 22.2 Å². The largest absolute Gasteiger partial charge is 0.465 e. The molecule has 0 fully saturated rings. The number of ether oxygens (including phenoxy) is 2. The van der Waals surface area contributed by atoms with Crippen molar-refractivity contribution in [1.82, 2.24) is 20.0 Å². The van der Waals surface area contributed by atoms with Crippen molar-refractivity contribution in [3.8, 4) is 0 Å². The number of hydrogen-bond acceptors (Lipinski definition) is 8. The molecule has 10 heteroatoms. The Morgan fingerprint density at radius 3 is 2.47 bits per heavy atom. The normalized spacial score (nSPS) is 11.4. The van der Waals surface area contributed by atoms with Crippen molar-refractivity contribution in [3.05, 3.63) is 65.2 Å². The van der Waals surface area contributed by atoms with Gasteiger partial charge in [0.1, 0.15) is 16.9 Å². The topological polar surface area (TPSA) is 134 Å². The van der Waals surface area contributed by atoms with Crippen molar-refractivity contribution in [2.24, 2.45) is 5.10 Å². The summed E-state index contributed by atoms with van der Waals surface area (Å²) in [6.07, 6.45) is 2.23. The third kappa shape index (κ3) is 4.57. The average molecular weight is 460 g/mol. The monoisotopic (exact) mass is 460 g/mol. The molecule has 0 aliphatic heterocycles. The van der Waals surface area contributed by atoms with E-state index in [0.29, 0.717) is 52.9 Å². The van der Waals surface area contributed by atoms with Crippen molar-refractivity contribution in [2.45, 2.75) is 6.42 Å². The molecule has 0 aliphatic carbocycles. The Morgan fingerprint density at radius 1 is 1.09 bits per heavy atom. The molecule has 1 amide bonds. The molecule has 0 atom stereocenters. The molecule has 174 valence electrons. The molecule has 0 radical (unpaired) electrons. The summed E-state index contributed by atoms with van der Waals surface area (Å²) in [6, 6.07) is 14.1. The number of nitrogens with one attached hydrogen (secondary N) is 1. The second-order valence-corrected chi connectivity index (χ2v) is 7.42. The number of esters is 1. The Hall–Kier alpha value is -4.31. The van der Waals surface area contributed by atoms with Gasteiger partial charge < -0.3 is 20.5 Å². The molecule has 0 bridgehead atoms. The van der Waals surface area contributed by atoms with Crippen LogP contribution in [0.2, 0.25) is 0 Å². The number of nitrogens with two attached hydrogens (primary N) is 1. The fourth-order valence-corrected chi connectivity index (χ4v) is 3.44. The van der Waals surface area contributed by atoms with E-state index in [2.05, 4.69) is 20.4 Å². The number of anilines is 1. The minimum absolute atomic E-state index is 0.122. The highest BCUT2D eigenvalue weighted by Crippen LogP contribution is 2.27. The summed E-state index contributed by atoms with van der Waals surface area (Å²) >= 11 is 0. The quantitative estimate of drug-likeness (QED) is 0.234.